The van der Waals surface area contributed by atoms with Gasteiger partial charge in [-0.3, -0.25) is 14.4 Å². The number of fused-ring (bicyclic) bond motifs is 1. The summed E-state index contributed by atoms with van der Waals surface area (Å²) in [6, 6.07) is 7.66. The van der Waals surface area contributed by atoms with Crippen molar-refractivity contribution in [2.75, 3.05) is 19.6 Å². The Hall–Kier alpha value is -2.37. The molecule has 1 unspecified atom stereocenters. The van der Waals surface area contributed by atoms with Crippen molar-refractivity contribution in [1.29, 1.82) is 0 Å². The summed E-state index contributed by atoms with van der Waals surface area (Å²) in [5.74, 6) is -0.249. The van der Waals surface area contributed by atoms with Crippen LogP contribution in [-0.2, 0) is 9.59 Å². The van der Waals surface area contributed by atoms with Gasteiger partial charge in [-0.05, 0) is 43.2 Å². The number of hydrogen-bond acceptors (Lipinski definition) is 3. The van der Waals surface area contributed by atoms with Gasteiger partial charge < -0.3 is 15.5 Å². The van der Waals surface area contributed by atoms with Crippen molar-refractivity contribution < 1.29 is 14.4 Å². The first-order valence-electron chi connectivity index (χ1n) is 11.3. The van der Waals surface area contributed by atoms with E-state index in [0.29, 0.717) is 44.0 Å². The van der Waals surface area contributed by atoms with Gasteiger partial charge in [0, 0.05) is 31.1 Å². The van der Waals surface area contributed by atoms with Crippen LogP contribution in [0.25, 0.3) is 0 Å². The fourth-order valence-corrected chi connectivity index (χ4v) is 5.84. The maximum Gasteiger partial charge on any atom is 0.254 e. The highest BCUT2D eigenvalue weighted by molar-refractivity contribution is 6.02. The predicted octanol–water partition coefficient (Wildman–Crippen LogP) is 2.92. The molecule has 1 aromatic rings. The topological polar surface area (TPSA) is 83.7 Å². The molecule has 2 fully saturated rings. The van der Waals surface area contributed by atoms with E-state index in [-0.39, 0.29) is 29.6 Å². The molecule has 1 atom stereocenters. The van der Waals surface area contributed by atoms with Gasteiger partial charge in [0.25, 0.3) is 5.91 Å². The highest BCUT2D eigenvalue weighted by Crippen LogP contribution is 2.51. The smallest absolute Gasteiger partial charge is 0.254 e. The number of hydrogen-bond donors (Lipinski definition) is 1. The number of nitrogens with zero attached hydrogens (tertiary/aromatic N) is 2. The number of primary amides is 1. The van der Waals surface area contributed by atoms with Crippen molar-refractivity contribution in [2.45, 2.75) is 63.8 Å². The molecule has 2 heterocycles. The highest BCUT2D eigenvalue weighted by Gasteiger charge is 2.56. The minimum Gasteiger partial charge on any atom is -0.369 e. The van der Waals surface area contributed by atoms with Crippen LogP contribution in [-0.4, -0.2) is 52.7 Å². The van der Waals surface area contributed by atoms with E-state index in [1.54, 1.807) is 0 Å². The van der Waals surface area contributed by atoms with Crippen molar-refractivity contribution in [3.8, 4) is 0 Å². The second kappa shape index (κ2) is 8.05. The zero-order chi connectivity index (χ0) is 21.5. The zero-order valence-corrected chi connectivity index (χ0v) is 18.1. The van der Waals surface area contributed by atoms with E-state index >= 15 is 0 Å². The summed E-state index contributed by atoms with van der Waals surface area (Å²) in [6.07, 6.45) is 5.06. The van der Waals surface area contributed by atoms with Crippen LogP contribution < -0.4 is 5.73 Å². The van der Waals surface area contributed by atoms with E-state index in [4.69, 9.17) is 5.73 Å². The largest absolute Gasteiger partial charge is 0.369 e. The fourth-order valence-electron chi connectivity index (χ4n) is 5.84. The third-order valence-corrected chi connectivity index (χ3v) is 7.30. The summed E-state index contributed by atoms with van der Waals surface area (Å²) in [4.78, 5) is 43.0. The van der Waals surface area contributed by atoms with Gasteiger partial charge in [0.05, 0.1) is 11.5 Å². The molecule has 2 aliphatic heterocycles. The molecule has 0 radical (unpaired) electrons. The van der Waals surface area contributed by atoms with Gasteiger partial charge in [-0.25, -0.2) is 0 Å². The van der Waals surface area contributed by atoms with Gasteiger partial charge >= 0.3 is 0 Å². The summed E-state index contributed by atoms with van der Waals surface area (Å²) < 4.78 is 0. The normalized spacial score (nSPS) is 23.8. The molecule has 1 saturated carbocycles. The van der Waals surface area contributed by atoms with E-state index in [1.165, 1.54) is 0 Å². The van der Waals surface area contributed by atoms with Crippen LogP contribution in [0, 0.1) is 11.8 Å². The van der Waals surface area contributed by atoms with Crippen molar-refractivity contribution >= 4 is 17.7 Å². The molecule has 3 aliphatic rings. The minimum atomic E-state index is -0.437. The lowest BCUT2D eigenvalue weighted by Gasteiger charge is -2.52. The number of amides is 3. The molecule has 1 aromatic carbocycles. The van der Waals surface area contributed by atoms with Crippen molar-refractivity contribution in [1.82, 2.24) is 9.80 Å². The zero-order valence-electron chi connectivity index (χ0n) is 18.1. The minimum absolute atomic E-state index is 0.0673. The quantitative estimate of drug-likeness (QED) is 0.827. The van der Waals surface area contributed by atoms with E-state index in [2.05, 4.69) is 13.8 Å². The van der Waals surface area contributed by atoms with Crippen LogP contribution in [0.5, 0.6) is 0 Å². The summed E-state index contributed by atoms with van der Waals surface area (Å²) in [6.45, 7) is 6.03. The summed E-state index contributed by atoms with van der Waals surface area (Å²) in [7, 11) is 0. The molecule has 0 aromatic heterocycles. The van der Waals surface area contributed by atoms with Crippen molar-refractivity contribution in [3.63, 3.8) is 0 Å². The number of piperidine rings is 1. The highest BCUT2D eigenvalue weighted by atomic mass is 16.2. The van der Waals surface area contributed by atoms with Crippen molar-refractivity contribution in [3.05, 3.63) is 35.4 Å². The summed E-state index contributed by atoms with van der Waals surface area (Å²) >= 11 is 0. The number of rotatable bonds is 4. The first-order chi connectivity index (χ1) is 14.3. The number of likely N-dealkylation sites (tertiary alicyclic amines) is 1. The van der Waals surface area contributed by atoms with E-state index in [0.717, 1.165) is 31.2 Å². The Morgan fingerprint density at radius 1 is 1.13 bits per heavy atom. The van der Waals surface area contributed by atoms with Gasteiger partial charge in [-0.15, -0.1) is 0 Å². The van der Waals surface area contributed by atoms with E-state index in [9.17, 15) is 14.4 Å². The van der Waals surface area contributed by atoms with Crippen LogP contribution in [0.2, 0.25) is 0 Å². The Morgan fingerprint density at radius 3 is 2.37 bits per heavy atom. The first kappa shape index (κ1) is 20.9. The van der Waals surface area contributed by atoms with E-state index in [1.807, 2.05) is 34.1 Å². The lowest BCUT2D eigenvalue weighted by atomic mass is 9.70. The Balaban J connectivity index is 1.74. The van der Waals surface area contributed by atoms with Crippen LogP contribution in [0.15, 0.2) is 24.3 Å². The number of carbonyl (C=O) groups is 3. The SMILES string of the molecule is CC(C)CN1C(=O)c2ccccc2C(C(=O)N2CCC(C(N)=O)CC2)C12CCCC2. The number of carbonyl (C=O) groups excluding carboxylic acids is 3. The Bertz CT molecular complexity index is 836. The van der Waals surface area contributed by atoms with Gasteiger partial charge in [0.1, 0.15) is 0 Å². The number of benzene rings is 1. The standard InChI is InChI=1S/C24H33N3O3/c1-16(2)15-27-22(29)19-8-4-3-7-18(19)20(24(27)11-5-6-12-24)23(30)26-13-9-17(10-14-26)21(25)28/h3-4,7-8,16-17,20H,5-6,9-15H2,1-2H3,(H2,25,28). The Morgan fingerprint density at radius 2 is 1.77 bits per heavy atom. The van der Waals surface area contributed by atoms with Crippen molar-refractivity contribution in [2.24, 2.45) is 17.6 Å². The summed E-state index contributed by atoms with van der Waals surface area (Å²) in [5, 5.41) is 0. The van der Waals surface area contributed by atoms with Gasteiger partial charge in [0.2, 0.25) is 11.8 Å². The monoisotopic (exact) mass is 411 g/mol. The predicted molar refractivity (Wildman–Crippen MR) is 115 cm³/mol. The van der Waals surface area contributed by atoms with Gasteiger partial charge in [-0.2, -0.15) is 0 Å². The fraction of sp³-hybridized carbons (Fsp3) is 0.625. The Labute approximate surface area is 178 Å². The Kier molecular flexibility index (Phi) is 5.60. The average molecular weight is 412 g/mol. The molecule has 30 heavy (non-hydrogen) atoms. The van der Waals surface area contributed by atoms with Crippen LogP contribution >= 0.6 is 0 Å². The van der Waals surface area contributed by atoms with Crippen LogP contribution in [0.1, 0.15) is 74.2 Å². The lowest BCUT2D eigenvalue weighted by Crippen LogP contribution is -2.62. The maximum atomic E-state index is 14.0. The second-order valence-electron chi connectivity index (χ2n) is 9.64. The molecule has 1 aliphatic carbocycles. The average Bonchev–Trinajstić information content (AvgIpc) is 3.21. The molecule has 2 N–H and O–H groups in total. The first-order valence-corrected chi connectivity index (χ1v) is 11.3. The molecule has 162 valence electrons. The summed E-state index contributed by atoms with van der Waals surface area (Å²) in [5.41, 5.74) is 6.59. The molecular formula is C24H33N3O3. The second-order valence-corrected chi connectivity index (χ2v) is 9.64. The maximum absolute atomic E-state index is 14.0. The molecule has 1 saturated heterocycles. The molecule has 6 nitrogen and oxygen atoms in total. The molecule has 0 bridgehead atoms. The third-order valence-electron chi connectivity index (χ3n) is 7.30. The molecule has 1 spiro atoms. The molecule has 6 heteroatoms. The molecular weight excluding hydrogens is 378 g/mol. The van der Waals surface area contributed by atoms with Gasteiger partial charge in [0.15, 0.2) is 0 Å². The van der Waals surface area contributed by atoms with Gasteiger partial charge in [-0.1, -0.05) is 44.9 Å². The number of nitrogens with two attached hydrogens (primary N) is 1. The lowest BCUT2D eigenvalue weighted by molar-refractivity contribution is -0.140. The van der Waals surface area contributed by atoms with E-state index < -0.39 is 5.54 Å². The molecule has 3 amide bonds. The van der Waals surface area contributed by atoms with Crippen LogP contribution in [0.4, 0.5) is 0 Å². The third kappa shape index (κ3) is 3.40. The molecule has 4 rings (SSSR count). The van der Waals surface area contributed by atoms with Crippen LogP contribution in [0.3, 0.4) is 0 Å².